The maximum absolute atomic E-state index is 12.9. The smallest absolute Gasteiger partial charge is 0.296 e. The number of pyridine rings is 1. The number of aryl methyl sites for hydroxylation is 1. The van der Waals surface area contributed by atoms with Gasteiger partial charge in [-0.15, -0.1) is 11.3 Å². The van der Waals surface area contributed by atoms with Crippen LogP contribution in [0.15, 0.2) is 70.2 Å². The van der Waals surface area contributed by atoms with Crippen LogP contribution >= 0.6 is 27.3 Å². The molecule has 5 nitrogen and oxygen atoms in total. The molecule has 1 aromatic carbocycles. The molecular weight excluding hydrogens is 452 g/mol. The quantitative estimate of drug-likeness (QED) is 0.338. The lowest BCUT2D eigenvalue weighted by Crippen LogP contribution is -2.29. The molecule has 2 aromatic heterocycles. The molecule has 1 atom stereocenters. The Labute approximate surface area is 180 Å². The van der Waals surface area contributed by atoms with Crippen LogP contribution in [0.25, 0.3) is 5.76 Å². The van der Waals surface area contributed by atoms with Crippen molar-refractivity contribution in [2.24, 2.45) is 0 Å². The summed E-state index contributed by atoms with van der Waals surface area (Å²) >= 11 is 4.88. The van der Waals surface area contributed by atoms with Gasteiger partial charge in [0.05, 0.1) is 17.8 Å². The van der Waals surface area contributed by atoms with Gasteiger partial charge in [0.1, 0.15) is 11.8 Å². The number of carbonyl (C=O) groups excluding carboxylic acids is 2. The first-order chi connectivity index (χ1) is 14.0. The molecule has 0 saturated carbocycles. The number of carbonyl (C=O) groups is 2. The molecule has 29 heavy (non-hydrogen) atoms. The Hall–Kier alpha value is -2.77. The largest absolute Gasteiger partial charge is 0.507 e. The number of likely N-dealkylation sites (tertiary alicyclic amines) is 1. The zero-order valence-corrected chi connectivity index (χ0v) is 17.9. The lowest BCUT2D eigenvalue weighted by Gasteiger charge is -2.23. The Balaban J connectivity index is 1.84. The van der Waals surface area contributed by atoms with E-state index in [4.69, 9.17) is 0 Å². The molecule has 1 N–H and O–H groups in total. The van der Waals surface area contributed by atoms with Gasteiger partial charge >= 0.3 is 0 Å². The minimum Gasteiger partial charge on any atom is -0.507 e. The van der Waals surface area contributed by atoms with E-state index < -0.39 is 17.7 Å². The Bertz CT molecular complexity index is 1110. The van der Waals surface area contributed by atoms with E-state index >= 15 is 0 Å². The van der Waals surface area contributed by atoms with Crippen molar-refractivity contribution in [1.82, 2.24) is 9.88 Å². The highest BCUT2D eigenvalue weighted by Crippen LogP contribution is 2.41. The maximum atomic E-state index is 12.9. The molecule has 1 saturated heterocycles. The molecule has 0 spiro atoms. The molecule has 1 amide bonds. The second-order valence-corrected chi connectivity index (χ2v) is 8.56. The van der Waals surface area contributed by atoms with Crippen LogP contribution < -0.4 is 0 Å². The van der Waals surface area contributed by atoms with E-state index in [0.29, 0.717) is 11.3 Å². The average Bonchev–Trinajstić information content (AvgIpc) is 3.33. The number of hydrogen-bond donors (Lipinski definition) is 1. The third-order valence-electron chi connectivity index (χ3n) is 4.84. The molecule has 1 aliphatic heterocycles. The fraction of sp³-hybridized carbons (Fsp3) is 0.136. The summed E-state index contributed by atoms with van der Waals surface area (Å²) in [5.74, 6) is -1.48. The van der Waals surface area contributed by atoms with Gasteiger partial charge in [-0.2, -0.15) is 0 Å². The average molecular weight is 469 g/mol. The van der Waals surface area contributed by atoms with E-state index in [1.54, 1.807) is 24.4 Å². The van der Waals surface area contributed by atoms with Gasteiger partial charge in [-0.25, -0.2) is 0 Å². The van der Waals surface area contributed by atoms with E-state index in [9.17, 15) is 14.7 Å². The molecular formula is C22H17BrN2O3S. The van der Waals surface area contributed by atoms with Crippen LogP contribution in [0, 0.1) is 6.92 Å². The van der Waals surface area contributed by atoms with E-state index in [2.05, 4.69) is 20.9 Å². The van der Waals surface area contributed by atoms with Crippen molar-refractivity contribution in [2.45, 2.75) is 19.5 Å². The van der Waals surface area contributed by atoms with Crippen LogP contribution in [-0.4, -0.2) is 26.7 Å². The Kier molecular flexibility index (Phi) is 5.34. The van der Waals surface area contributed by atoms with Crippen molar-refractivity contribution in [3.8, 4) is 0 Å². The van der Waals surface area contributed by atoms with Crippen molar-refractivity contribution < 1.29 is 14.7 Å². The summed E-state index contributed by atoms with van der Waals surface area (Å²) in [7, 11) is 0. The number of rotatable bonds is 4. The van der Waals surface area contributed by atoms with Gasteiger partial charge in [0.25, 0.3) is 11.7 Å². The number of halogens is 1. The zero-order chi connectivity index (χ0) is 20.5. The molecule has 0 radical (unpaired) electrons. The van der Waals surface area contributed by atoms with Crippen molar-refractivity contribution in [2.75, 3.05) is 0 Å². The van der Waals surface area contributed by atoms with Crippen LogP contribution in [0.3, 0.4) is 0 Å². The molecule has 3 aromatic rings. The van der Waals surface area contributed by atoms with Crippen LogP contribution in [0.4, 0.5) is 0 Å². The molecule has 0 aliphatic carbocycles. The van der Waals surface area contributed by atoms with Gasteiger partial charge in [0, 0.05) is 21.1 Å². The molecule has 1 unspecified atom stereocenters. The van der Waals surface area contributed by atoms with Gasteiger partial charge in [-0.1, -0.05) is 34.1 Å². The summed E-state index contributed by atoms with van der Waals surface area (Å²) in [6.45, 7) is 2.08. The molecule has 0 bridgehead atoms. The van der Waals surface area contributed by atoms with E-state index in [1.807, 2.05) is 42.6 Å². The Morgan fingerprint density at radius 3 is 2.69 bits per heavy atom. The van der Waals surface area contributed by atoms with Crippen LogP contribution in [0.5, 0.6) is 0 Å². The number of Topliss-reactive ketones (excluding diaryl/α,β-unsaturated/α-hetero) is 1. The van der Waals surface area contributed by atoms with Crippen molar-refractivity contribution in [1.29, 1.82) is 0 Å². The number of nitrogens with zero attached hydrogens (tertiary/aromatic N) is 2. The predicted octanol–water partition coefficient (Wildman–Crippen LogP) is 4.84. The Morgan fingerprint density at radius 1 is 1.21 bits per heavy atom. The number of thiophene rings is 1. The van der Waals surface area contributed by atoms with E-state index in [1.165, 1.54) is 16.2 Å². The molecule has 146 valence electrons. The van der Waals surface area contributed by atoms with Crippen LogP contribution in [-0.2, 0) is 16.1 Å². The first-order valence-corrected chi connectivity index (χ1v) is 10.6. The number of aliphatic hydroxyl groups excluding tert-OH is 1. The fourth-order valence-corrected chi connectivity index (χ4v) is 4.49. The van der Waals surface area contributed by atoms with Crippen molar-refractivity contribution in [3.05, 3.63) is 91.9 Å². The number of ketones is 1. The number of hydrogen-bond acceptors (Lipinski definition) is 5. The highest BCUT2D eigenvalue weighted by Gasteiger charge is 2.46. The van der Waals surface area contributed by atoms with Crippen molar-refractivity contribution in [3.63, 3.8) is 0 Å². The van der Waals surface area contributed by atoms with Gasteiger partial charge in [0.2, 0.25) is 0 Å². The fourth-order valence-electron chi connectivity index (χ4n) is 3.40. The summed E-state index contributed by atoms with van der Waals surface area (Å²) in [5, 5.41) is 12.9. The highest BCUT2D eigenvalue weighted by atomic mass is 79.9. The molecule has 3 heterocycles. The minimum atomic E-state index is -0.683. The van der Waals surface area contributed by atoms with E-state index in [-0.39, 0.29) is 17.9 Å². The first-order valence-electron chi connectivity index (χ1n) is 8.95. The number of aliphatic hydroxyl groups is 1. The highest BCUT2D eigenvalue weighted by molar-refractivity contribution is 9.10. The topological polar surface area (TPSA) is 70.5 Å². The van der Waals surface area contributed by atoms with Gasteiger partial charge in [-0.3, -0.25) is 14.6 Å². The van der Waals surface area contributed by atoms with Crippen LogP contribution in [0.2, 0.25) is 0 Å². The Morgan fingerprint density at radius 2 is 2.03 bits per heavy atom. The summed E-state index contributed by atoms with van der Waals surface area (Å²) in [4.78, 5) is 32.4. The van der Waals surface area contributed by atoms with Gasteiger partial charge in [0.15, 0.2) is 0 Å². The van der Waals surface area contributed by atoms with Crippen molar-refractivity contribution >= 4 is 44.7 Å². The molecule has 4 rings (SSSR count). The third kappa shape index (κ3) is 3.63. The predicted molar refractivity (Wildman–Crippen MR) is 115 cm³/mol. The summed E-state index contributed by atoms with van der Waals surface area (Å²) in [6, 6.07) is 13.9. The molecule has 1 aliphatic rings. The third-order valence-corrected chi connectivity index (χ3v) is 6.66. The first kappa shape index (κ1) is 19.5. The maximum Gasteiger partial charge on any atom is 0.296 e. The SMILES string of the molecule is Cc1cc(/C(O)=C2/C(=O)C(=O)N(Cc3ccccn3)C2c2cccs2)ccc1Br. The number of aromatic nitrogens is 1. The summed E-state index contributed by atoms with van der Waals surface area (Å²) in [5.41, 5.74) is 2.21. The number of amides is 1. The normalized spacial score (nSPS) is 18.4. The second kappa shape index (κ2) is 7.93. The zero-order valence-electron chi connectivity index (χ0n) is 15.5. The number of benzene rings is 1. The summed E-state index contributed by atoms with van der Waals surface area (Å²) in [6.07, 6.45) is 1.65. The van der Waals surface area contributed by atoms with Gasteiger partial charge in [-0.05, 0) is 48.2 Å². The van der Waals surface area contributed by atoms with Crippen LogP contribution in [0.1, 0.15) is 27.7 Å². The summed E-state index contributed by atoms with van der Waals surface area (Å²) < 4.78 is 0.902. The lowest BCUT2D eigenvalue weighted by molar-refractivity contribution is -0.140. The monoisotopic (exact) mass is 468 g/mol. The standard InChI is InChI=1S/C22H17BrN2O3S/c1-13-11-14(7-8-16(13)23)20(26)18-19(17-6-4-10-29-17)25(22(28)21(18)27)12-15-5-2-3-9-24-15/h2-11,19,26H,12H2,1H3/b20-18-. The molecule has 7 heteroatoms. The second-order valence-electron chi connectivity index (χ2n) is 6.73. The minimum absolute atomic E-state index is 0.107. The lowest BCUT2D eigenvalue weighted by atomic mass is 9.99. The van der Waals surface area contributed by atoms with Gasteiger partial charge < -0.3 is 10.0 Å². The van der Waals surface area contributed by atoms with E-state index in [0.717, 1.165) is 14.9 Å². The molecule has 1 fully saturated rings.